The highest BCUT2D eigenvalue weighted by Crippen LogP contribution is 2.57. The van der Waals surface area contributed by atoms with Crippen LogP contribution in [0.1, 0.15) is 6.42 Å². The number of ketones is 1. The summed E-state index contributed by atoms with van der Waals surface area (Å²) >= 11 is 0. The zero-order chi connectivity index (χ0) is 9.99. The molecule has 1 heteroatoms. The van der Waals surface area contributed by atoms with Gasteiger partial charge in [0.05, 0.1) is 0 Å². The Kier molecular flexibility index (Phi) is 1.36. The number of carbonyl (C=O) groups is 1. The third-order valence-corrected chi connectivity index (χ3v) is 4.79. The topological polar surface area (TPSA) is 17.1 Å². The fourth-order valence-corrected chi connectivity index (χ4v) is 4.24. The molecule has 0 amide bonds. The van der Waals surface area contributed by atoms with Gasteiger partial charge in [0.2, 0.25) is 0 Å². The Morgan fingerprint density at radius 3 is 2.60 bits per heavy atom. The third kappa shape index (κ3) is 0.871. The molecule has 0 saturated heterocycles. The predicted molar refractivity (Wildman–Crippen MR) is 58.0 cm³/mol. The summed E-state index contributed by atoms with van der Waals surface area (Å²) in [6.07, 6.45) is 14.4. The fraction of sp³-hybridized carbons (Fsp3) is 0.500. The van der Waals surface area contributed by atoms with Gasteiger partial charge in [-0.2, -0.15) is 0 Å². The van der Waals surface area contributed by atoms with Crippen molar-refractivity contribution in [1.82, 2.24) is 0 Å². The molecule has 0 unspecified atom stereocenters. The molecule has 5 rings (SSSR count). The van der Waals surface area contributed by atoms with E-state index in [4.69, 9.17) is 0 Å². The fourth-order valence-electron chi connectivity index (χ4n) is 4.24. The van der Waals surface area contributed by atoms with Crippen LogP contribution in [-0.4, -0.2) is 5.78 Å². The highest BCUT2D eigenvalue weighted by molar-refractivity contribution is 5.94. The van der Waals surface area contributed by atoms with Crippen molar-refractivity contribution in [1.29, 1.82) is 0 Å². The van der Waals surface area contributed by atoms with Crippen LogP contribution in [0.15, 0.2) is 36.5 Å². The van der Waals surface area contributed by atoms with Gasteiger partial charge >= 0.3 is 0 Å². The molecule has 1 saturated carbocycles. The van der Waals surface area contributed by atoms with Crippen LogP contribution in [-0.2, 0) is 4.79 Å². The maximum absolute atomic E-state index is 11.9. The van der Waals surface area contributed by atoms with E-state index in [2.05, 4.69) is 30.4 Å². The van der Waals surface area contributed by atoms with Gasteiger partial charge in [0.15, 0.2) is 5.78 Å². The molecule has 5 aliphatic carbocycles. The molecule has 0 heterocycles. The van der Waals surface area contributed by atoms with Crippen molar-refractivity contribution in [2.75, 3.05) is 0 Å². The summed E-state index contributed by atoms with van der Waals surface area (Å²) in [6.45, 7) is 0. The van der Waals surface area contributed by atoms with Gasteiger partial charge in [-0.3, -0.25) is 4.79 Å². The van der Waals surface area contributed by atoms with Gasteiger partial charge in [-0.1, -0.05) is 30.4 Å². The van der Waals surface area contributed by atoms with E-state index in [1.54, 1.807) is 0 Å². The van der Waals surface area contributed by atoms with E-state index in [1.165, 1.54) is 6.42 Å². The molecule has 1 nitrogen and oxygen atoms in total. The Labute approximate surface area is 89.6 Å². The summed E-state index contributed by atoms with van der Waals surface area (Å²) in [5.74, 6) is 3.80. The van der Waals surface area contributed by atoms with Gasteiger partial charge in [0.1, 0.15) is 0 Å². The minimum atomic E-state index is 0.185. The molecule has 5 aliphatic rings. The highest BCUT2D eigenvalue weighted by atomic mass is 16.1. The average molecular weight is 198 g/mol. The molecule has 76 valence electrons. The first-order valence-electron chi connectivity index (χ1n) is 5.93. The molecule has 0 N–H and O–H groups in total. The van der Waals surface area contributed by atoms with Crippen LogP contribution in [0.25, 0.3) is 0 Å². The van der Waals surface area contributed by atoms with Crippen LogP contribution in [0.2, 0.25) is 0 Å². The predicted octanol–water partition coefficient (Wildman–Crippen LogP) is 2.37. The van der Waals surface area contributed by atoms with Crippen LogP contribution in [0.3, 0.4) is 0 Å². The Morgan fingerprint density at radius 2 is 1.73 bits per heavy atom. The third-order valence-electron chi connectivity index (χ3n) is 4.79. The average Bonchev–Trinajstić information content (AvgIpc) is 2.79. The summed E-state index contributed by atoms with van der Waals surface area (Å²) in [5.41, 5.74) is 0. The molecule has 0 radical (unpaired) electrons. The van der Waals surface area contributed by atoms with Crippen LogP contribution >= 0.6 is 0 Å². The van der Waals surface area contributed by atoms with E-state index in [0.29, 0.717) is 23.5 Å². The summed E-state index contributed by atoms with van der Waals surface area (Å²) in [7, 11) is 0. The summed E-state index contributed by atoms with van der Waals surface area (Å²) in [4.78, 5) is 11.9. The number of allylic oxidation sites excluding steroid dienone is 6. The van der Waals surface area contributed by atoms with Crippen molar-refractivity contribution in [3.05, 3.63) is 36.5 Å². The van der Waals surface area contributed by atoms with E-state index >= 15 is 0 Å². The number of rotatable bonds is 0. The number of hydrogen-bond acceptors (Lipinski definition) is 1. The van der Waals surface area contributed by atoms with Crippen LogP contribution < -0.4 is 0 Å². The van der Waals surface area contributed by atoms with Crippen molar-refractivity contribution in [3.63, 3.8) is 0 Å². The molecule has 4 bridgehead atoms. The van der Waals surface area contributed by atoms with E-state index in [0.717, 1.165) is 11.8 Å². The molecular formula is C14H14O. The van der Waals surface area contributed by atoms with E-state index in [1.807, 2.05) is 6.08 Å². The van der Waals surface area contributed by atoms with Crippen molar-refractivity contribution in [2.24, 2.45) is 35.5 Å². The monoisotopic (exact) mass is 198 g/mol. The minimum Gasteiger partial charge on any atom is -0.294 e. The molecule has 6 atom stereocenters. The summed E-state index contributed by atoms with van der Waals surface area (Å²) in [5, 5.41) is 0. The maximum Gasteiger partial charge on any atom is 0.162 e. The lowest BCUT2D eigenvalue weighted by atomic mass is 9.67. The molecule has 0 aromatic carbocycles. The SMILES string of the molecule is O=C1C=C[C@@H]2C=C[C@H]1[C@@H]1[C@H]2[C@H]2C=C[C@@H]1C2. The molecule has 15 heavy (non-hydrogen) atoms. The first kappa shape index (κ1) is 8.09. The van der Waals surface area contributed by atoms with Gasteiger partial charge in [-0.15, -0.1) is 0 Å². The molecule has 0 aromatic rings. The van der Waals surface area contributed by atoms with E-state index < -0.39 is 0 Å². The van der Waals surface area contributed by atoms with Gasteiger partial charge in [0.25, 0.3) is 0 Å². The summed E-state index contributed by atoms with van der Waals surface area (Å²) < 4.78 is 0. The van der Waals surface area contributed by atoms with E-state index in [-0.39, 0.29) is 5.92 Å². The normalized spacial score (nSPS) is 53.7. The second-order valence-electron chi connectivity index (χ2n) is 5.35. The molecule has 0 aromatic heterocycles. The molecule has 1 fully saturated rings. The molecule has 0 aliphatic heterocycles. The van der Waals surface area contributed by atoms with Gasteiger partial charge < -0.3 is 0 Å². The van der Waals surface area contributed by atoms with Gasteiger partial charge in [-0.05, 0) is 42.1 Å². The molecular weight excluding hydrogens is 184 g/mol. The smallest absolute Gasteiger partial charge is 0.162 e. The maximum atomic E-state index is 11.9. The second kappa shape index (κ2) is 2.52. The van der Waals surface area contributed by atoms with Crippen LogP contribution in [0, 0.1) is 35.5 Å². The van der Waals surface area contributed by atoms with E-state index in [9.17, 15) is 4.79 Å². The Morgan fingerprint density at radius 1 is 0.933 bits per heavy atom. The standard InChI is InChI=1S/C14H14O/c15-12-6-4-8-3-5-11(12)14-10-2-1-9(7-10)13(8)14/h1-6,8-11,13-14H,7H2/t8-,9-,10+,11+,13+,14+/m0/s1. The lowest BCUT2D eigenvalue weighted by molar-refractivity contribution is -0.119. The van der Waals surface area contributed by atoms with Crippen LogP contribution in [0.4, 0.5) is 0 Å². The Hall–Kier alpha value is -1.11. The Bertz CT molecular complexity index is 415. The van der Waals surface area contributed by atoms with Crippen molar-refractivity contribution >= 4 is 5.78 Å². The highest BCUT2D eigenvalue weighted by Gasteiger charge is 2.52. The quantitative estimate of drug-likeness (QED) is 0.546. The number of hydrogen-bond donors (Lipinski definition) is 0. The van der Waals surface area contributed by atoms with Gasteiger partial charge in [-0.25, -0.2) is 0 Å². The second-order valence-corrected chi connectivity index (χ2v) is 5.35. The van der Waals surface area contributed by atoms with Crippen molar-refractivity contribution in [3.8, 4) is 0 Å². The minimum absolute atomic E-state index is 0.185. The lowest BCUT2D eigenvalue weighted by Gasteiger charge is -2.36. The number of carbonyl (C=O) groups excluding carboxylic acids is 1. The van der Waals surface area contributed by atoms with Crippen molar-refractivity contribution < 1.29 is 4.79 Å². The number of fused-ring (bicyclic) bond motifs is 3. The molecule has 0 spiro atoms. The first-order valence-corrected chi connectivity index (χ1v) is 5.93. The van der Waals surface area contributed by atoms with Crippen molar-refractivity contribution in [2.45, 2.75) is 6.42 Å². The van der Waals surface area contributed by atoms with Crippen LogP contribution in [0.5, 0.6) is 0 Å². The lowest BCUT2D eigenvalue weighted by Crippen LogP contribution is -2.34. The van der Waals surface area contributed by atoms with Gasteiger partial charge in [0, 0.05) is 5.92 Å². The zero-order valence-corrected chi connectivity index (χ0v) is 8.54. The Balaban J connectivity index is 1.88. The zero-order valence-electron chi connectivity index (χ0n) is 8.54. The first-order chi connectivity index (χ1) is 7.34. The largest absolute Gasteiger partial charge is 0.294 e. The summed E-state index contributed by atoms with van der Waals surface area (Å²) in [6, 6.07) is 0.